The van der Waals surface area contributed by atoms with E-state index in [-0.39, 0.29) is 0 Å². The van der Waals surface area contributed by atoms with Crippen LogP contribution in [0.15, 0.2) is 24.3 Å². The van der Waals surface area contributed by atoms with Gasteiger partial charge in [-0.3, -0.25) is 4.21 Å². The lowest BCUT2D eigenvalue weighted by molar-refractivity contribution is 0.680. The molecule has 0 spiro atoms. The van der Waals surface area contributed by atoms with E-state index in [1.807, 2.05) is 31.2 Å². The van der Waals surface area contributed by atoms with Gasteiger partial charge in [-0.05, 0) is 24.5 Å². The van der Waals surface area contributed by atoms with Gasteiger partial charge in [-0.2, -0.15) is 5.26 Å². The van der Waals surface area contributed by atoms with Gasteiger partial charge in [0.2, 0.25) is 0 Å². The molecule has 0 heterocycles. The smallest absolute Gasteiger partial charge is 0.0622 e. The lowest BCUT2D eigenvalue weighted by atomic mass is 10.1. The second kappa shape index (κ2) is 6.36. The van der Waals surface area contributed by atoms with Crippen molar-refractivity contribution in [1.82, 2.24) is 0 Å². The maximum atomic E-state index is 11.6. The van der Waals surface area contributed by atoms with Crippen LogP contribution in [0.1, 0.15) is 24.0 Å². The summed E-state index contributed by atoms with van der Waals surface area (Å²) in [6, 6.07) is 10.1. The number of aryl methyl sites for hydroxylation is 1. The first-order valence-corrected chi connectivity index (χ1v) is 6.49. The van der Waals surface area contributed by atoms with E-state index in [0.29, 0.717) is 17.9 Å². The summed E-state index contributed by atoms with van der Waals surface area (Å²) in [4.78, 5) is 0. The molecular formula is C12H15NOS. The largest absolute Gasteiger partial charge is 0.259 e. The van der Waals surface area contributed by atoms with Crippen molar-refractivity contribution < 1.29 is 4.21 Å². The molecule has 0 radical (unpaired) electrons. The molecule has 0 aromatic heterocycles. The average Bonchev–Trinajstić information content (AvgIpc) is 2.22. The minimum Gasteiger partial charge on any atom is -0.259 e. The Labute approximate surface area is 93.4 Å². The number of hydrogen-bond acceptors (Lipinski definition) is 2. The Morgan fingerprint density at radius 2 is 2.13 bits per heavy atom. The van der Waals surface area contributed by atoms with Crippen LogP contribution in [-0.2, 0) is 16.6 Å². The molecule has 1 unspecified atom stereocenters. The fraction of sp³-hybridized carbons (Fsp3) is 0.417. The molecule has 1 aromatic carbocycles. The summed E-state index contributed by atoms with van der Waals surface area (Å²) in [6.45, 7) is 2.03. The highest BCUT2D eigenvalue weighted by atomic mass is 32.2. The van der Waals surface area contributed by atoms with Crippen LogP contribution in [-0.4, -0.2) is 9.96 Å². The third-order valence-electron chi connectivity index (χ3n) is 2.24. The quantitative estimate of drug-likeness (QED) is 0.717. The molecule has 0 aliphatic rings. The molecule has 3 heteroatoms. The van der Waals surface area contributed by atoms with Crippen molar-refractivity contribution in [3.63, 3.8) is 0 Å². The van der Waals surface area contributed by atoms with E-state index in [2.05, 4.69) is 6.07 Å². The fourth-order valence-electron chi connectivity index (χ4n) is 1.33. The van der Waals surface area contributed by atoms with E-state index in [9.17, 15) is 4.21 Å². The van der Waals surface area contributed by atoms with Crippen LogP contribution >= 0.6 is 0 Å². The van der Waals surface area contributed by atoms with Crippen LogP contribution in [0.25, 0.3) is 0 Å². The van der Waals surface area contributed by atoms with E-state index in [0.717, 1.165) is 12.0 Å². The van der Waals surface area contributed by atoms with Crippen molar-refractivity contribution >= 4 is 10.8 Å². The van der Waals surface area contributed by atoms with Crippen molar-refractivity contribution in [2.45, 2.75) is 25.5 Å². The van der Waals surface area contributed by atoms with E-state index < -0.39 is 10.8 Å². The van der Waals surface area contributed by atoms with E-state index in [1.54, 1.807) is 0 Å². The normalized spacial score (nSPS) is 12.0. The molecule has 0 N–H and O–H groups in total. The van der Waals surface area contributed by atoms with Crippen molar-refractivity contribution in [2.24, 2.45) is 0 Å². The number of hydrogen-bond donors (Lipinski definition) is 0. The fourth-order valence-corrected chi connectivity index (χ4v) is 2.61. The van der Waals surface area contributed by atoms with Gasteiger partial charge < -0.3 is 0 Å². The topological polar surface area (TPSA) is 40.9 Å². The molecule has 0 aliphatic heterocycles. The van der Waals surface area contributed by atoms with Crippen LogP contribution in [0.2, 0.25) is 0 Å². The summed E-state index contributed by atoms with van der Waals surface area (Å²) in [6.07, 6.45) is 1.23. The van der Waals surface area contributed by atoms with Gasteiger partial charge in [-0.15, -0.1) is 0 Å². The first-order chi connectivity index (χ1) is 7.24. The van der Waals surface area contributed by atoms with Crippen molar-refractivity contribution in [1.29, 1.82) is 5.26 Å². The predicted octanol–water partition coefficient (Wildman–Crippen LogP) is 2.55. The van der Waals surface area contributed by atoms with E-state index in [1.165, 1.54) is 5.56 Å². The standard InChI is InChI=1S/C12H15NOS/c1-11-6-2-3-7-12(11)10-15(14)9-5-4-8-13/h2-3,6-7H,4-5,9-10H2,1H3. The van der Waals surface area contributed by atoms with Gasteiger partial charge in [0, 0.05) is 28.7 Å². The molecule has 1 rings (SSSR count). The Hall–Kier alpha value is -1.14. The highest BCUT2D eigenvalue weighted by Crippen LogP contribution is 2.10. The lowest BCUT2D eigenvalue weighted by Gasteiger charge is -2.04. The second-order valence-electron chi connectivity index (χ2n) is 3.48. The molecule has 0 amide bonds. The molecule has 1 aromatic rings. The van der Waals surface area contributed by atoms with Gasteiger partial charge in [0.15, 0.2) is 0 Å². The summed E-state index contributed by atoms with van der Waals surface area (Å²) in [5.74, 6) is 1.24. The molecule has 0 fully saturated rings. The number of rotatable bonds is 5. The zero-order chi connectivity index (χ0) is 11.1. The minimum absolute atomic E-state index is 0.500. The highest BCUT2D eigenvalue weighted by Gasteiger charge is 2.03. The summed E-state index contributed by atoms with van der Waals surface area (Å²) in [7, 11) is -0.834. The predicted molar refractivity (Wildman–Crippen MR) is 62.7 cm³/mol. The first-order valence-electron chi connectivity index (χ1n) is 5.00. The maximum absolute atomic E-state index is 11.6. The number of benzene rings is 1. The lowest BCUT2D eigenvalue weighted by Crippen LogP contribution is -2.02. The second-order valence-corrected chi connectivity index (χ2v) is 5.05. The number of nitrogens with zero attached hydrogens (tertiary/aromatic N) is 1. The Morgan fingerprint density at radius 1 is 1.40 bits per heavy atom. The Bertz CT molecular complexity index is 381. The van der Waals surface area contributed by atoms with Gasteiger partial charge >= 0.3 is 0 Å². The van der Waals surface area contributed by atoms with Gasteiger partial charge in [-0.1, -0.05) is 24.3 Å². The highest BCUT2D eigenvalue weighted by molar-refractivity contribution is 7.84. The van der Waals surface area contributed by atoms with Gasteiger partial charge in [0.05, 0.1) is 6.07 Å². The zero-order valence-electron chi connectivity index (χ0n) is 8.90. The molecule has 15 heavy (non-hydrogen) atoms. The van der Waals surface area contributed by atoms with Crippen LogP contribution in [0.5, 0.6) is 0 Å². The molecular weight excluding hydrogens is 206 g/mol. The molecule has 1 atom stereocenters. The summed E-state index contributed by atoms with van der Waals surface area (Å²) < 4.78 is 11.6. The Morgan fingerprint density at radius 3 is 2.80 bits per heavy atom. The van der Waals surface area contributed by atoms with Gasteiger partial charge in [0.1, 0.15) is 0 Å². The third kappa shape index (κ3) is 4.26. The average molecular weight is 221 g/mol. The first kappa shape index (κ1) is 11.9. The van der Waals surface area contributed by atoms with E-state index in [4.69, 9.17) is 5.26 Å². The molecule has 0 bridgehead atoms. The number of nitriles is 1. The minimum atomic E-state index is -0.834. The Balaban J connectivity index is 2.45. The summed E-state index contributed by atoms with van der Waals surface area (Å²) in [5, 5.41) is 8.36. The van der Waals surface area contributed by atoms with Crippen LogP contribution < -0.4 is 0 Å². The van der Waals surface area contributed by atoms with Crippen LogP contribution in [0.3, 0.4) is 0 Å². The van der Waals surface area contributed by atoms with Crippen LogP contribution in [0.4, 0.5) is 0 Å². The van der Waals surface area contributed by atoms with Crippen molar-refractivity contribution in [2.75, 3.05) is 5.75 Å². The van der Waals surface area contributed by atoms with E-state index >= 15 is 0 Å². The molecule has 0 saturated carbocycles. The molecule has 80 valence electrons. The third-order valence-corrected chi connectivity index (χ3v) is 3.62. The van der Waals surface area contributed by atoms with Crippen molar-refractivity contribution in [3.8, 4) is 6.07 Å². The van der Waals surface area contributed by atoms with Gasteiger partial charge in [-0.25, -0.2) is 0 Å². The SMILES string of the molecule is Cc1ccccc1CS(=O)CCCC#N. The van der Waals surface area contributed by atoms with Crippen molar-refractivity contribution in [3.05, 3.63) is 35.4 Å². The monoisotopic (exact) mass is 221 g/mol. The Kier molecular flexibility index (Phi) is 5.06. The number of unbranched alkanes of at least 4 members (excludes halogenated alkanes) is 1. The zero-order valence-corrected chi connectivity index (χ0v) is 9.72. The van der Waals surface area contributed by atoms with Gasteiger partial charge in [0.25, 0.3) is 0 Å². The summed E-state index contributed by atoms with van der Waals surface area (Å²) >= 11 is 0. The molecule has 0 aliphatic carbocycles. The maximum Gasteiger partial charge on any atom is 0.0622 e. The summed E-state index contributed by atoms with van der Waals surface area (Å²) in [5.41, 5.74) is 2.33. The molecule has 2 nitrogen and oxygen atoms in total. The van der Waals surface area contributed by atoms with Crippen LogP contribution in [0, 0.1) is 18.3 Å². The molecule has 0 saturated heterocycles.